The van der Waals surface area contributed by atoms with Crippen LogP contribution in [0.4, 0.5) is 14.5 Å². The van der Waals surface area contributed by atoms with Crippen LogP contribution >= 0.6 is 11.3 Å². The molecule has 124 valence electrons. The third kappa shape index (κ3) is 3.23. The van der Waals surface area contributed by atoms with Crippen molar-refractivity contribution in [3.05, 3.63) is 75.2 Å². The fourth-order valence-electron chi connectivity index (χ4n) is 2.61. The molecule has 24 heavy (non-hydrogen) atoms. The van der Waals surface area contributed by atoms with Crippen molar-refractivity contribution in [3.8, 4) is 0 Å². The van der Waals surface area contributed by atoms with Gasteiger partial charge in [-0.05, 0) is 43.5 Å². The van der Waals surface area contributed by atoms with Crippen LogP contribution in [0.15, 0.2) is 41.8 Å². The van der Waals surface area contributed by atoms with Gasteiger partial charge in [0.2, 0.25) is 0 Å². The lowest BCUT2D eigenvalue weighted by molar-refractivity contribution is 0.102. The molecule has 0 atom stereocenters. The second kappa shape index (κ2) is 6.57. The van der Waals surface area contributed by atoms with E-state index in [1.54, 1.807) is 17.4 Å². The molecule has 1 aromatic carbocycles. The Labute approximate surface area is 142 Å². The Bertz CT molecular complexity index is 885. The molecule has 0 saturated carbocycles. The summed E-state index contributed by atoms with van der Waals surface area (Å²) in [5.41, 5.74) is 2.20. The number of aryl methyl sites for hydroxylation is 1. The van der Waals surface area contributed by atoms with E-state index in [0.717, 1.165) is 23.5 Å². The maximum absolute atomic E-state index is 13.7. The highest BCUT2D eigenvalue weighted by Crippen LogP contribution is 2.21. The van der Waals surface area contributed by atoms with Crippen LogP contribution in [-0.4, -0.2) is 10.5 Å². The zero-order valence-corrected chi connectivity index (χ0v) is 14.1. The first-order valence-corrected chi connectivity index (χ1v) is 8.29. The van der Waals surface area contributed by atoms with Gasteiger partial charge in [0.25, 0.3) is 5.91 Å². The van der Waals surface area contributed by atoms with Gasteiger partial charge in [-0.3, -0.25) is 4.79 Å². The molecule has 3 nitrogen and oxygen atoms in total. The Morgan fingerprint density at radius 3 is 2.67 bits per heavy atom. The minimum Gasteiger partial charge on any atom is -0.343 e. The number of hydrogen-bond acceptors (Lipinski definition) is 2. The lowest BCUT2D eigenvalue weighted by Crippen LogP contribution is -2.14. The highest BCUT2D eigenvalue weighted by molar-refractivity contribution is 7.09. The average Bonchev–Trinajstić information content (AvgIpc) is 3.14. The van der Waals surface area contributed by atoms with Crippen LogP contribution in [0.2, 0.25) is 0 Å². The molecule has 2 heterocycles. The predicted octanol–water partition coefficient (Wildman–Crippen LogP) is 4.75. The highest BCUT2D eigenvalue weighted by Gasteiger charge is 2.17. The van der Waals surface area contributed by atoms with Gasteiger partial charge in [-0.15, -0.1) is 11.3 Å². The molecule has 0 radical (unpaired) electrons. The first-order chi connectivity index (χ1) is 11.5. The molecule has 0 aliphatic rings. The monoisotopic (exact) mass is 346 g/mol. The van der Waals surface area contributed by atoms with Crippen molar-refractivity contribution in [2.45, 2.75) is 20.4 Å². The number of rotatable bonds is 4. The second-order valence-corrected chi connectivity index (χ2v) is 6.56. The van der Waals surface area contributed by atoms with Crippen molar-refractivity contribution in [1.82, 2.24) is 4.57 Å². The topological polar surface area (TPSA) is 34.0 Å². The second-order valence-electron chi connectivity index (χ2n) is 5.53. The maximum atomic E-state index is 13.7. The number of carbonyl (C=O) groups excluding carboxylic acids is 1. The van der Waals surface area contributed by atoms with Gasteiger partial charge in [0.15, 0.2) is 0 Å². The molecule has 0 fully saturated rings. The lowest BCUT2D eigenvalue weighted by Gasteiger charge is -2.09. The Morgan fingerprint density at radius 2 is 2.00 bits per heavy atom. The lowest BCUT2D eigenvalue weighted by atomic mass is 10.2. The predicted molar refractivity (Wildman–Crippen MR) is 91.6 cm³/mol. The molecule has 3 aromatic rings. The van der Waals surface area contributed by atoms with Gasteiger partial charge in [0, 0.05) is 22.3 Å². The van der Waals surface area contributed by atoms with Gasteiger partial charge < -0.3 is 9.88 Å². The number of hydrogen-bond donors (Lipinski definition) is 1. The van der Waals surface area contributed by atoms with E-state index in [0.29, 0.717) is 12.1 Å². The summed E-state index contributed by atoms with van der Waals surface area (Å²) in [6.07, 6.45) is 0. The number of nitrogens with zero attached hydrogens (tertiary/aromatic N) is 1. The van der Waals surface area contributed by atoms with Crippen LogP contribution in [0, 0.1) is 25.5 Å². The van der Waals surface area contributed by atoms with Crippen LogP contribution in [-0.2, 0) is 6.54 Å². The van der Waals surface area contributed by atoms with E-state index in [4.69, 9.17) is 0 Å². The van der Waals surface area contributed by atoms with Crippen LogP contribution in [0.1, 0.15) is 26.6 Å². The number of amides is 1. The van der Waals surface area contributed by atoms with Crippen LogP contribution in [0.5, 0.6) is 0 Å². The summed E-state index contributed by atoms with van der Waals surface area (Å²) in [7, 11) is 0. The molecule has 1 amide bonds. The summed E-state index contributed by atoms with van der Waals surface area (Å²) >= 11 is 1.65. The Balaban J connectivity index is 1.85. The maximum Gasteiger partial charge on any atom is 0.257 e. The fourth-order valence-corrected chi connectivity index (χ4v) is 3.31. The number of carbonyl (C=O) groups is 1. The molecule has 0 saturated heterocycles. The summed E-state index contributed by atoms with van der Waals surface area (Å²) in [5.74, 6) is -1.89. The number of anilines is 1. The van der Waals surface area contributed by atoms with Gasteiger partial charge >= 0.3 is 0 Å². The van der Waals surface area contributed by atoms with E-state index in [1.807, 2.05) is 35.9 Å². The van der Waals surface area contributed by atoms with Gasteiger partial charge in [-0.2, -0.15) is 0 Å². The average molecular weight is 346 g/mol. The van der Waals surface area contributed by atoms with Crippen LogP contribution in [0.3, 0.4) is 0 Å². The fraction of sp³-hybridized carbons (Fsp3) is 0.167. The third-order valence-electron chi connectivity index (χ3n) is 3.89. The molecule has 0 spiro atoms. The van der Waals surface area contributed by atoms with Crippen LogP contribution < -0.4 is 5.32 Å². The van der Waals surface area contributed by atoms with E-state index >= 15 is 0 Å². The number of benzene rings is 1. The zero-order valence-electron chi connectivity index (χ0n) is 13.3. The highest BCUT2D eigenvalue weighted by atomic mass is 32.1. The van der Waals surface area contributed by atoms with E-state index in [9.17, 15) is 13.6 Å². The van der Waals surface area contributed by atoms with E-state index in [2.05, 4.69) is 5.32 Å². The van der Waals surface area contributed by atoms with E-state index in [1.165, 1.54) is 10.9 Å². The number of halogens is 2. The number of aromatic nitrogens is 1. The summed E-state index contributed by atoms with van der Waals surface area (Å²) in [6, 6.07) is 8.87. The minimum atomic E-state index is -0.796. The smallest absolute Gasteiger partial charge is 0.257 e. The SMILES string of the molecule is Cc1cc(C(=O)Nc2ccc(F)cc2F)c(C)n1Cc1cccs1. The van der Waals surface area contributed by atoms with Crippen molar-refractivity contribution < 1.29 is 13.6 Å². The minimum absolute atomic E-state index is 0.0375. The van der Waals surface area contributed by atoms with Crippen molar-refractivity contribution in [2.75, 3.05) is 5.32 Å². The molecular formula is C18H16F2N2OS. The van der Waals surface area contributed by atoms with Crippen molar-refractivity contribution in [3.63, 3.8) is 0 Å². The molecule has 6 heteroatoms. The molecule has 2 aromatic heterocycles. The van der Waals surface area contributed by atoms with Gasteiger partial charge in [-0.1, -0.05) is 6.07 Å². The van der Waals surface area contributed by atoms with Gasteiger partial charge in [0.05, 0.1) is 17.8 Å². The molecule has 3 rings (SSSR count). The van der Waals surface area contributed by atoms with Crippen LogP contribution in [0.25, 0.3) is 0 Å². The summed E-state index contributed by atoms with van der Waals surface area (Å²) in [6.45, 7) is 4.47. The van der Waals surface area contributed by atoms with E-state index in [-0.39, 0.29) is 5.69 Å². The largest absolute Gasteiger partial charge is 0.343 e. The number of nitrogens with one attached hydrogen (secondary N) is 1. The molecule has 0 aliphatic carbocycles. The standard InChI is InChI=1S/C18H16F2N2OS/c1-11-8-15(12(2)22(11)10-14-4-3-7-24-14)18(23)21-17-6-5-13(19)9-16(17)20/h3-9H,10H2,1-2H3,(H,21,23). The molecular weight excluding hydrogens is 330 g/mol. The van der Waals surface area contributed by atoms with Gasteiger partial charge in [0.1, 0.15) is 11.6 Å². The number of thiophene rings is 1. The first-order valence-electron chi connectivity index (χ1n) is 7.41. The van der Waals surface area contributed by atoms with Crippen molar-refractivity contribution in [1.29, 1.82) is 0 Å². The normalized spacial score (nSPS) is 10.8. The summed E-state index contributed by atoms with van der Waals surface area (Å²) in [4.78, 5) is 13.6. The zero-order chi connectivity index (χ0) is 17.3. The van der Waals surface area contributed by atoms with Crippen molar-refractivity contribution >= 4 is 22.9 Å². The summed E-state index contributed by atoms with van der Waals surface area (Å²) < 4.78 is 28.7. The quantitative estimate of drug-likeness (QED) is 0.727. The molecule has 0 bridgehead atoms. The summed E-state index contributed by atoms with van der Waals surface area (Å²) in [5, 5.41) is 4.51. The van der Waals surface area contributed by atoms with E-state index < -0.39 is 17.5 Å². The Hall–Kier alpha value is -2.47. The Kier molecular flexibility index (Phi) is 4.49. The van der Waals surface area contributed by atoms with Gasteiger partial charge in [-0.25, -0.2) is 8.78 Å². The third-order valence-corrected chi connectivity index (χ3v) is 4.75. The first kappa shape index (κ1) is 16.4. The molecule has 0 aliphatic heterocycles. The van der Waals surface area contributed by atoms with Crippen molar-refractivity contribution in [2.24, 2.45) is 0 Å². The Morgan fingerprint density at radius 1 is 1.21 bits per heavy atom. The molecule has 0 unspecified atom stereocenters. The molecule has 1 N–H and O–H groups in total.